The quantitative estimate of drug-likeness (QED) is 0.178. The Morgan fingerprint density at radius 1 is 0.718 bits per heavy atom. The molecule has 0 heterocycles. The van der Waals surface area contributed by atoms with Crippen molar-refractivity contribution in [2.75, 3.05) is 6.61 Å². The van der Waals surface area contributed by atoms with Crippen LogP contribution in [0, 0.1) is 41.2 Å². The lowest BCUT2D eigenvalue weighted by molar-refractivity contribution is 0.170. The highest BCUT2D eigenvalue weighted by Gasteiger charge is 2.32. The fraction of sp³-hybridized carbons (Fsp3) is 0.778. The maximum Gasteiger partial charge on any atom is 0.200 e. The molecule has 0 radical (unpaired) electrons. The summed E-state index contributed by atoms with van der Waals surface area (Å²) in [7, 11) is 0. The summed E-state index contributed by atoms with van der Waals surface area (Å²) in [4.78, 5) is 0. The molecule has 0 spiro atoms. The number of hydrogen-bond donors (Lipinski definition) is 0. The van der Waals surface area contributed by atoms with Crippen molar-refractivity contribution in [3.05, 3.63) is 41.5 Å². The molecule has 1 nitrogen and oxygen atoms in total. The van der Waals surface area contributed by atoms with Crippen molar-refractivity contribution in [3.8, 4) is 5.75 Å². The summed E-state index contributed by atoms with van der Waals surface area (Å²) >= 11 is 0. The van der Waals surface area contributed by atoms with Gasteiger partial charge in [0.1, 0.15) is 0 Å². The fourth-order valence-electron chi connectivity index (χ4n) is 8.22. The van der Waals surface area contributed by atoms with Crippen LogP contribution >= 0.6 is 0 Å². The first-order chi connectivity index (χ1) is 19.1. The number of ether oxygens (including phenoxy) is 1. The average Bonchev–Trinajstić information content (AvgIpc) is 2.97. The maximum atomic E-state index is 14.7. The van der Waals surface area contributed by atoms with Crippen LogP contribution in [-0.2, 0) is 0 Å². The van der Waals surface area contributed by atoms with Crippen molar-refractivity contribution in [2.45, 2.75) is 142 Å². The highest BCUT2D eigenvalue weighted by Crippen LogP contribution is 2.45. The fourth-order valence-corrected chi connectivity index (χ4v) is 8.22. The van der Waals surface area contributed by atoms with E-state index in [9.17, 15) is 8.78 Å². The second kappa shape index (κ2) is 16.2. The minimum absolute atomic E-state index is 0.0355. The Kier molecular flexibility index (Phi) is 12.7. The van der Waals surface area contributed by atoms with E-state index in [4.69, 9.17) is 4.74 Å². The predicted molar refractivity (Wildman–Crippen MR) is 160 cm³/mol. The largest absolute Gasteiger partial charge is 0.491 e. The van der Waals surface area contributed by atoms with Gasteiger partial charge < -0.3 is 4.74 Å². The minimum atomic E-state index is -0.817. The molecule has 220 valence electrons. The second-order valence-corrected chi connectivity index (χ2v) is 13.2. The first-order valence-electron chi connectivity index (χ1n) is 16.9. The lowest BCUT2D eigenvalue weighted by Crippen LogP contribution is -2.25. The van der Waals surface area contributed by atoms with E-state index in [0.29, 0.717) is 12.2 Å². The molecule has 0 aliphatic heterocycles. The Bertz CT molecular complexity index is 855. The highest BCUT2D eigenvalue weighted by atomic mass is 19.2. The van der Waals surface area contributed by atoms with E-state index in [0.717, 1.165) is 55.3 Å². The van der Waals surface area contributed by atoms with Gasteiger partial charge in [-0.15, -0.1) is 0 Å². The summed E-state index contributed by atoms with van der Waals surface area (Å²) in [6, 6.07) is 3.36. The van der Waals surface area contributed by atoms with Crippen LogP contribution in [0.5, 0.6) is 5.75 Å². The maximum absolute atomic E-state index is 14.7. The lowest BCUT2D eigenvalue weighted by atomic mass is 9.68. The van der Waals surface area contributed by atoms with E-state index in [-0.39, 0.29) is 11.7 Å². The van der Waals surface area contributed by atoms with Crippen LogP contribution in [0.3, 0.4) is 0 Å². The Morgan fingerprint density at radius 3 is 2.00 bits per heavy atom. The zero-order valence-corrected chi connectivity index (χ0v) is 25.1. The summed E-state index contributed by atoms with van der Waals surface area (Å²) in [6.45, 7) is 4.47. The number of allylic oxidation sites excluding steroid dienone is 2. The molecule has 3 saturated carbocycles. The van der Waals surface area contributed by atoms with Crippen LogP contribution in [0.25, 0.3) is 0 Å². The molecule has 0 N–H and O–H groups in total. The van der Waals surface area contributed by atoms with E-state index in [1.165, 1.54) is 96.3 Å². The van der Waals surface area contributed by atoms with Gasteiger partial charge in [-0.25, -0.2) is 4.39 Å². The van der Waals surface area contributed by atoms with Crippen LogP contribution in [0.2, 0.25) is 0 Å². The van der Waals surface area contributed by atoms with Crippen molar-refractivity contribution in [2.24, 2.45) is 29.6 Å². The SMILES string of the molecule is CCCC1CCC(CCCCC/C=C/C2CCC(C3CCC(c4ccc(OCC)c(F)c4F)CC3)CC2)CC1. The van der Waals surface area contributed by atoms with Crippen LogP contribution in [0.15, 0.2) is 24.3 Å². The smallest absolute Gasteiger partial charge is 0.200 e. The molecule has 3 fully saturated rings. The van der Waals surface area contributed by atoms with Gasteiger partial charge in [-0.05, 0) is 118 Å². The Hall–Kier alpha value is -1.38. The molecule has 4 rings (SSSR count). The molecule has 3 aliphatic rings. The van der Waals surface area contributed by atoms with Gasteiger partial charge in [-0.1, -0.05) is 82.9 Å². The minimum Gasteiger partial charge on any atom is -0.491 e. The Morgan fingerprint density at radius 2 is 1.36 bits per heavy atom. The topological polar surface area (TPSA) is 9.23 Å². The Balaban J connectivity index is 1.07. The first kappa shape index (κ1) is 30.6. The Labute approximate surface area is 238 Å². The van der Waals surface area contributed by atoms with Gasteiger partial charge in [0.25, 0.3) is 0 Å². The number of benzene rings is 1. The van der Waals surface area contributed by atoms with Gasteiger partial charge in [0.05, 0.1) is 6.61 Å². The van der Waals surface area contributed by atoms with E-state index in [1.807, 2.05) is 0 Å². The molecule has 0 unspecified atom stereocenters. The number of unbranched alkanes of at least 4 members (excludes halogenated alkanes) is 3. The molecule has 0 bridgehead atoms. The lowest BCUT2D eigenvalue weighted by Gasteiger charge is -2.37. The summed E-state index contributed by atoms with van der Waals surface area (Å²) in [5, 5.41) is 0. The van der Waals surface area contributed by atoms with E-state index >= 15 is 0 Å². The number of rotatable bonds is 13. The predicted octanol–water partition coefficient (Wildman–Crippen LogP) is 11.6. The normalized spacial score (nSPS) is 30.1. The first-order valence-corrected chi connectivity index (χ1v) is 16.9. The zero-order valence-electron chi connectivity index (χ0n) is 25.1. The van der Waals surface area contributed by atoms with Crippen LogP contribution in [0.4, 0.5) is 8.78 Å². The van der Waals surface area contributed by atoms with Crippen molar-refractivity contribution < 1.29 is 13.5 Å². The van der Waals surface area contributed by atoms with Crippen LogP contribution in [-0.4, -0.2) is 6.61 Å². The van der Waals surface area contributed by atoms with Crippen molar-refractivity contribution in [1.82, 2.24) is 0 Å². The molecule has 1 aromatic rings. The van der Waals surface area contributed by atoms with Crippen molar-refractivity contribution >= 4 is 0 Å². The van der Waals surface area contributed by atoms with Gasteiger partial charge >= 0.3 is 0 Å². The molecule has 0 atom stereocenters. The van der Waals surface area contributed by atoms with E-state index < -0.39 is 11.6 Å². The van der Waals surface area contributed by atoms with E-state index in [2.05, 4.69) is 19.1 Å². The van der Waals surface area contributed by atoms with E-state index in [1.54, 1.807) is 19.1 Å². The monoisotopic (exact) mass is 542 g/mol. The second-order valence-electron chi connectivity index (χ2n) is 13.2. The molecule has 0 amide bonds. The number of halogens is 2. The third kappa shape index (κ3) is 9.06. The summed E-state index contributed by atoms with van der Waals surface area (Å²) in [5.41, 5.74) is 0.554. The van der Waals surface area contributed by atoms with Crippen molar-refractivity contribution in [1.29, 1.82) is 0 Å². The molecule has 3 heteroatoms. The molecule has 0 saturated heterocycles. The van der Waals surface area contributed by atoms with Crippen molar-refractivity contribution in [3.63, 3.8) is 0 Å². The van der Waals surface area contributed by atoms with Crippen LogP contribution < -0.4 is 4.74 Å². The summed E-state index contributed by atoms with van der Waals surface area (Å²) in [5.74, 6) is 3.10. The average molecular weight is 543 g/mol. The van der Waals surface area contributed by atoms with Gasteiger partial charge in [0.15, 0.2) is 11.6 Å². The molecule has 1 aromatic carbocycles. The molecule has 0 aromatic heterocycles. The number of hydrogen-bond acceptors (Lipinski definition) is 1. The van der Waals surface area contributed by atoms with Crippen LogP contribution in [0.1, 0.15) is 147 Å². The standard InChI is InChI=1S/C36H56F2O/c1-3-10-27-13-15-28(16-14-27)11-8-6-5-7-9-12-29-17-19-30(20-18-29)31-21-23-32(24-22-31)33-25-26-34(39-4-2)36(38)35(33)37/h9,12,25-32H,3-8,10-11,13-24H2,1-2H3/b12-9+. The third-order valence-electron chi connectivity index (χ3n) is 10.6. The third-order valence-corrected chi connectivity index (χ3v) is 10.6. The molecule has 3 aliphatic carbocycles. The molecule has 39 heavy (non-hydrogen) atoms. The highest BCUT2D eigenvalue weighted by molar-refractivity contribution is 5.33. The zero-order chi connectivity index (χ0) is 27.5. The molecular formula is C36H56F2O. The van der Waals surface area contributed by atoms with Gasteiger partial charge in [0, 0.05) is 0 Å². The van der Waals surface area contributed by atoms with Gasteiger partial charge in [0.2, 0.25) is 5.82 Å². The van der Waals surface area contributed by atoms with Gasteiger partial charge in [-0.2, -0.15) is 4.39 Å². The summed E-state index contributed by atoms with van der Waals surface area (Å²) in [6.07, 6.45) is 30.4. The molecular weight excluding hydrogens is 486 g/mol. The van der Waals surface area contributed by atoms with Gasteiger partial charge in [-0.3, -0.25) is 0 Å². The summed E-state index contributed by atoms with van der Waals surface area (Å²) < 4.78 is 34.3.